The number of fused-ring (bicyclic) bond motifs is 1. The Labute approximate surface area is 217 Å². The van der Waals surface area contributed by atoms with Crippen LogP contribution < -0.4 is 15.1 Å². The van der Waals surface area contributed by atoms with Gasteiger partial charge in [-0.1, -0.05) is 53.5 Å². The monoisotopic (exact) mass is 523 g/mol. The summed E-state index contributed by atoms with van der Waals surface area (Å²) >= 11 is 12.9. The molecule has 0 amide bonds. The number of hydrogen-bond acceptors (Lipinski definition) is 5. The molecule has 1 atom stereocenters. The lowest BCUT2D eigenvalue weighted by Gasteiger charge is -2.28. The number of carbonyl (C=O) groups is 1. The van der Waals surface area contributed by atoms with Gasteiger partial charge in [0.05, 0.1) is 22.3 Å². The van der Waals surface area contributed by atoms with Crippen LogP contribution in [0, 0.1) is 0 Å². The van der Waals surface area contributed by atoms with E-state index in [1.54, 1.807) is 29.0 Å². The lowest BCUT2D eigenvalue weighted by Crippen LogP contribution is -2.34. The summed E-state index contributed by atoms with van der Waals surface area (Å²) in [5.41, 5.74) is 1.53. The number of carboxylic acids is 1. The lowest BCUT2D eigenvalue weighted by molar-refractivity contribution is 0.0695. The normalized spacial score (nSPS) is 15.4. The summed E-state index contributed by atoms with van der Waals surface area (Å²) in [5.74, 6) is -0.887. The van der Waals surface area contributed by atoms with Crippen molar-refractivity contribution in [2.45, 2.75) is 25.4 Å². The number of aromatic nitrogens is 2. The Morgan fingerprint density at radius 1 is 1.11 bits per heavy atom. The Balaban J connectivity index is 1.54. The molecular weight excluding hydrogens is 501 g/mol. The van der Waals surface area contributed by atoms with Gasteiger partial charge in [-0.15, -0.1) is 0 Å². The number of nitrogens with zero attached hydrogens (tertiary/aromatic N) is 3. The van der Waals surface area contributed by atoms with Crippen molar-refractivity contribution in [3.05, 3.63) is 98.4 Å². The van der Waals surface area contributed by atoms with Gasteiger partial charge >= 0.3 is 5.97 Å². The van der Waals surface area contributed by atoms with Gasteiger partial charge in [0.2, 0.25) is 11.3 Å². The Morgan fingerprint density at radius 2 is 1.92 bits per heavy atom. The van der Waals surface area contributed by atoms with Crippen molar-refractivity contribution in [1.29, 1.82) is 0 Å². The molecular formula is C27H23Cl2N3O4. The third-order valence-electron chi connectivity index (χ3n) is 6.40. The van der Waals surface area contributed by atoms with E-state index in [1.165, 1.54) is 6.20 Å². The second kappa shape index (κ2) is 10.2. The fourth-order valence-corrected chi connectivity index (χ4v) is 5.11. The summed E-state index contributed by atoms with van der Waals surface area (Å²) in [6, 6.07) is 16.6. The predicted molar refractivity (Wildman–Crippen MR) is 141 cm³/mol. The third kappa shape index (κ3) is 4.76. The molecule has 2 aromatic carbocycles. The molecule has 0 bridgehead atoms. The van der Waals surface area contributed by atoms with E-state index in [9.17, 15) is 14.7 Å². The molecule has 36 heavy (non-hydrogen) atoms. The molecule has 0 saturated carbocycles. The molecule has 1 saturated heterocycles. The number of pyridine rings is 2. The molecule has 3 heterocycles. The van der Waals surface area contributed by atoms with Crippen molar-refractivity contribution >= 4 is 45.8 Å². The summed E-state index contributed by atoms with van der Waals surface area (Å²) in [4.78, 5) is 31.2. The third-order valence-corrected chi connectivity index (χ3v) is 6.99. The number of aromatic carboxylic acids is 1. The highest BCUT2D eigenvalue weighted by Crippen LogP contribution is 2.35. The topological polar surface area (TPSA) is 84.7 Å². The number of benzene rings is 2. The van der Waals surface area contributed by atoms with E-state index in [2.05, 4.69) is 9.88 Å². The van der Waals surface area contributed by atoms with E-state index >= 15 is 0 Å². The van der Waals surface area contributed by atoms with Crippen LogP contribution in [0.1, 0.15) is 28.8 Å². The maximum atomic E-state index is 13.0. The molecule has 0 aliphatic carbocycles. The quantitative estimate of drug-likeness (QED) is 0.344. The van der Waals surface area contributed by atoms with Crippen molar-refractivity contribution < 1.29 is 14.6 Å². The standard InChI is InChI=1S/C27H23Cl2N3O4/c28-21-9-4-10-30-26(21)36-16-18-8-5-11-32(18)24-13-23-19(12-22(24)29)25(33)20(27(34)35)15-31(23)14-17-6-2-1-3-7-17/h1-4,6-7,9-10,12-13,15,18H,5,8,11,14,16H2,(H,34,35)/t18-/m1/s1. The highest BCUT2D eigenvalue weighted by molar-refractivity contribution is 6.34. The van der Waals surface area contributed by atoms with E-state index in [0.717, 1.165) is 30.6 Å². The molecule has 0 radical (unpaired) electrons. The smallest absolute Gasteiger partial charge is 0.341 e. The summed E-state index contributed by atoms with van der Waals surface area (Å²) in [5, 5.41) is 10.7. The zero-order valence-electron chi connectivity index (χ0n) is 19.2. The maximum absolute atomic E-state index is 13.0. The van der Waals surface area contributed by atoms with E-state index in [0.29, 0.717) is 34.6 Å². The molecule has 0 spiro atoms. The lowest BCUT2D eigenvalue weighted by atomic mass is 10.1. The number of ether oxygens (including phenoxy) is 1. The van der Waals surface area contributed by atoms with Crippen molar-refractivity contribution in [2.75, 3.05) is 18.1 Å². The first kappa shape index (κ1) is 24.2. The van der Waals surface area contributed by atoms with Crippen LogP contribution >= 0.6 is 23.2 Å². The van der Waals surface area contributed by atoms with Crippen molar-refractivity contribution in [3.63, 3.8) is 0 Å². The average molecular weight is 524 g/mol. The van der Waals surface area contributed by atoms with Gasteiger partial charge in [0.1, 0.15) is 17.2 Å². The van der Waals surface area contributed by atoms with Crippen molar-refractivity contribution in [3.8, 4) is 5.88 Å². The molecule has 1 N–H and O–H groups in total. The Morgan fingerprint density at radius 3 is 2.67 bits per heavy atom. The Bertz CT molecular complexity index is 1490. The Hall–Kier alpha value is -3.55. The largest absolute Gasteiger partial charge is 0.477 e. The number of hydrogen-bond donors (Lipinski definition) is 1. The van der Waals surface area contributed by atoms with Crippen LogP contribution in [0.4, 0.5) is 5.69 Å². The number of carboxylic acid groups (broad SMARTS) is 1. The minimum Gasteiger partial charge on any atom is -0.477 e. The summed E-state index contributed by atoms with van der Waals surface area (Å²) < 4.78 is 7.71. The second-order valence-corrected chi connectivity index (χ2v) is 9.52. The minimum absolute atomic E-state index is 0.0330. The molecule has 1 aliphatic heterocycles. The van der Waals surface area contributed by atoms with Crippen LogP contribution in [-0.2, 0) is 6.54 Å². The highest BCUT2D eigenvalue weighted by atomic mass is 35.5. The van der Waals surface area contributed by atoms with Crippen molar-refractivity contribution in [1.82, 2.24) is 9.55 Å². The average Bonchev–Trinajstić information content (AvgIpc) is 3.34. The molecule has 1 fully saturated rings. The number of anilines is 1. The fourth-order valence-electron chi connectivity index (χ4n) is 4.66. The molecule has 1 aliphatic rings. The Kier molecular flexibility index (Phi) is 6.85. The van der Waals surface area contributed by atoms with Gasteiger partial charge < -0.3 is 19.3 Å². The molecule has 5 rings (SSSR count). The van der Waals surface area contributed by atoms with Crippen LogP contribution in [0.15, 0.2) is 71.8 Å². The predicted octanol–water partition coefficient (Wildman–Crippen LogP) is 5.50. The number of halogens is 2. The molecule has 9 heteroatoms. The first-order valence-corrected chi connectivity index (χ1v) is 12.3. The molecule has 0 unspecified atom stereocenters. The fraction of sp³-hybridized carbons (Fsp3) is 0.222. The molecule has 7 nitrogen and oxygen atoms in total. The van der Waals surface area contributed by atoms with Gasteiger partial charge in [-0.2, -0.15) is 0 Å². The maximum Gasteiger partial charge on any atom is 0.341 e. The van der Waals surface area contributed by atoms with Crippen LogP contribution in [-0.4, -0.2) is 39.8 Å². The zero-order chi connectivity index (χ0) is 25.2. The minimum atomic E-state index is -1.27. The van der Waals surface area contributed by atoms with Crippen LogP contribution in [0.5, 0.6) is 5.88 Å². The van der Waals surface area contributed by atoms with Crippen LogP contribution in [0.3, 0.4) is 0 Å². The summed E-state index contributed by atoms with van der Waals surface area (Å²) in [6.45, 7) is 1.55. The van der Waals surface area contributed by atoms with Gasteiger partial charge in [-0.3, -0.25) is 4.79 Å². The van der Waals surface area contributed by atoms with Crippen LogP contribution in [0.25, 0.3) is 10.9 Å². The SMILES string of the molecule is O=C(O)c1cn(Cc2ccccc2)c2cc(N3CCC[C@@H]3COc3ncccc3Cl)c(Cl)cc2c1=O. The second-order valence-electron chi connectivity index (χ2n) is 8.70. The van der Waals surface area contributed by atoms with E-state index in [-0.39, 0.29) is 17.0 Å². The molecule has 4 aromatic rings. The summed E-state index contributed by atoms with van der Waals surface area (Å²) in [7, 11) is 0. The van der Waals surface area contributed by atoms with E-state index in [1.807, 2.05) is 36.4 Å². The van der Waals surface area contributed by atoms with Gasteiger partial charge in [0.25, 0.3) is 0 Å². The van der Waals surface area contributed by atoms with E-state index < -0.39 is 11.4 Å². The van der Waals surface area contributed by atoms with Gasteiger partial charge in [0.15, 0.2) is 0 Å². The molecule has 184 valence electrons. The number of rotatable bonds is 7. The highest BCUT2D eigenvalue weighted by Gasteiger charge is 2.28. The van der Waals surface area contributed by atoms with Gasteiger partial charge in [-0.25, -0.2) is 9.78 Å². The van der Waals surface area contributed by atoms with Gasteiger partial charge in [0, 0.05) is 30.9 Å². The summed E-state index contributed by atoms with van der Waals surface area (Å²) in [6.07, 6.45) is 4.89. The van der Waals surface area contributed by atoms with Crippen molar-refractivity contribution in [2.24, 2.45) is 0 Å². The first-order chi connectivity index (χ1) is 17.4. The van der Waals surface area contributed by atoms with E-state index in [4.69, 9.17) is 27.9 Å². The van der Waals surface area contributed by atoms with Gasteiger partial charge in [-0.05, 0) is 42.7 Å². The zero-order valence-corrected chi connectivity index (χ0v) is 20.7. The first-order valence-electron chi connectivity index (χ1n) is 11.6. The van der Waals surface area contributed by atoms with Crippen LogP contribution in [0.2, 0.25) is 10.0 Å². The molecule has 2 aromatic heterocycles.